The molecule has 0 aliphatic rings. The molecule has 0 atom stereocenters. The van der Waals surface area contributed by atoms with E-state index < -0.39 is 7.82 Å². The van der Waals surface area contributed by atoms with E-state index in [4.69, 9.17) is 9.79 Å². The summed E-state index contributed by atoms with van der Waals surface area (Å²) in [7, 11) is -3.20. The minimum absolute atomic E-state index is 0.945. The molecular formula is C4H11O4P. The van der Waals surface area contributed by atoms with Crippen molar-refractivity contribution in [2.45, 2.75) is 6.92 Å². The zero-order valence-corrected chi connectivity index (χ0v) is 6.34. The summed E-state index contributed by atoms with van der Waals surface area (Å²) in [6.45, 7) is 5.25. The van der Waals surface area contributed by atoms with Crippen LogP contribution in [0.1, 0.15) is 6.92 Å². The van der Waals surface area contributed by atoms with E-state index in [2.05, 4.69) is 11.1 Å². The second-order valence-electron chi connectivity index (χ2n) is 1.08. The van der Waals surface area contributed by atoms with Gasteiger partial charge in [0.05, 0.1) is 0 Å². The largest absolute Gasteiger partial charge is 0.469 e. The van der Waals surface area contributed by atoms with Gasteiger partial charge in [-0.05, 0) is 6.92 Å². The van der Waals surface area contributed by atoms with E-state index in [0.29, 0.717) is 0 Å². The van der Waals surface area contributed by atoms with Crippen LogP contribution >= 0.6 is 7.82 Å². The Morgan fingerprint density at radius 1 is 1.67 bits per heavy atom. The maximum absolute atomic E-state index is 9.47. The number of hydrogen-bond acceptors (Lipinski definition) is 2. The van der Waals surface area contributed by atoms with Crippen LogP contribution in [-0.4, -0.2) is 16.9 Å². The van der Waals surface area contributed by atoms with E-state index in [-0.39, 0.29) is 0 Å². The number of allylic oxidation sites excluding steroid dienone is 1. The maximum Gasteiger partial charge on any atom is 0.469 e. The highest BCUT2D eigenvalue weighted by atomic mass is 31.2. The Morgan fingerprint density at radius 3 is 1.78 bits per heavy atom. The van der Waals surface area contributed by atoms with E-state index in [1.54, 1.807) is 6.08 Å². The van der Waals surface area contributed by atoms with Crippen molar-refractivity contribution in [3.05, 3.63) is 12.7 Å². The van der Waals surface area contributed by atoms with E-state index in [9.17, 15) is 4.57 Å². The Bertz CT molecular complexity index is 105. The van der Waals surface area contributed by atoms with E-state index in [1.165, 1.54) is 0 Å². The first-order chi connectivity index (χ1) is 3.97. The Labute approximate surface area is 54.4 Å². The van der Waals surface area contributed by atoms with Gasteiger partial charge in [-0.25, -0.2) is 4.57 Å². The van der Waals surface area contributed by atoms with Gasteiger partial charge in [0, 0.05) is 7.11 Å². The van der Waals surface area contributed by atoms with Crippen LogP contribution in [0.4, 0.5) is 0 Å². The summed E-state index contributed by atoms with van der Waals surface area (Å²) in [5.41, 5.74) is 0. The molecule has 0 aliphatic carbocycles. The van der Waals surface area contributed by atoms with Crippen LogP contribution in [0.5, 0.6) is 0 Å². The first-order valence-electron chi connectivity index (χ1n) is 2.16. The zero-order valence-electron chi connectivity index (χ0n) is 5.44. The Balaban J connectivity index is 0. The zero-order chi connectivity index (χ0) is 7.91. The standard InChI is InChI=1S/C3H6.CH5O4P/c1-3-2;1-5-6(2,3)4/h3H,1H2,2H3;1H3,(H2,2,3,4). The van der Waals surface area contributed by atoms with Crippen LogP contribution in [0.3, 0.4) is 0 Å². The van der Waals surface area contributed by atoms with Crippen LogP contribution in [0, 0.1) is 0 Å². The number of phosphoric acid groups is 1. The third kappa shape index (κ3) is 33.1. The molecule has 56 valence electrons. The minimum atomic E-state index is -4.15. The first kappa shape index (κ1) is 11.6. The summed E-state index contributed by atoms with van der Waals surface area (Å²) in [5.74, 6) is 0. The van der Waals surface area contributed by atoms with Gasteiger partial charge in [0.25, 0.3) is 0 Å². The Morgan fingerprint density at radius 2 is 1.78 bits per heavy atom. The molecule has 0 heterocycles. The van der Waals surface area contributed by atoms with Crippen molar-refractivity contribution in [3.8, 4) is 0 Å². The van der Waals surface area contributed by atoms with Crippen molar-refractivity contribution in [2.24, 2.45) is 0 Å². The van der Waals surface area contributed by atoms with Gasteiger partial charge in [-0.2, -0.15) is 0 Å². The summed E-state index contributed by atoms with van der Waals surface area (Å²) >= 11 is 0. The van der Waals surface area contributed by atoms with Gasteiger partial charge in [0.2, 0.25) is 0 Å². The van der Waals surface area contributed by atoms with E-state index in [0.717, 1.165) is 7.11 Å². The normalized spacial score (nSPS) is 9.33. The summed E-state index contributed by atoms with van der Waals surface area (Å²) in [6.07, 6.45) is 1.75. The monoisotopic (exact) mass is 154 g/mol. The van der Waals surface area contributed by atoms with Crippen molar-refractivity contribution in [3.63, 3.8) is 0 Å². The average molecular weight is 154 g/mol. The van der Waals surface area contributed by atoms with Crippen LogP contribution in [-0.2, 0) is 9.09 Å². The quantitative estimate of drug-likeness (QED) is 0.435. The number of rotatable bonds is 1. The van der Waals surface area contributed by atoms with Crippen molar-refractivity contribution >= 4 is 7.82 Å². The topological polar surface area (TPSA) is 66.8 Å². The SMILES string of the molecule is C=CC.COP(=O)(O)O. The maximum atomic E-state index is 9.47. The van der Waals surface area contributed by atoms with Gasteiger partial charge >= 0.3 is 7.82 Å². The van der Waals surface area contributed by atoms with Gasteiger partial charge in [0.1, 0.15) is 0 Å². The average Bonchev–Trinajstić information content (AvgIpc) is 1.67. The molecule has 2 N–H and O–H groups in total. The molecule has 0 amide bonds. The highest BCUT2D eigenvalue weighted by Crippen LogP contribution is 2.33. The molecule has 0 saturated carbocycles. The van der Waals surface area contributed by atoms with Crippen LogP contribution in [0.25, 0.3) is 0 Å². The molecule has 0 unspecified atom stereocenters. The predicted molar refractivity (Wildman–Crippen MR) is 34.9 cm³/mol. The van der Waals surface area contributed by atoms with Gasteiger partial charge < -0.3 is 9.79 Å². The smallest absolute Gasteiger partial charge is 0.303 e. The minimum Gasteiger partial charge on any atom is -0.303 e. The second kappa shape index (κ2) is 5.98. The summed E-state index contributed by atoms with van der Waals surface area (Å²) in [6, 6.07) is 0. The fourth-order valence-corrected chi connectivity index (χ4v) is 0. The van der Waals surface area contributed by atoms with Gasteiger partial charge in [-0.1, -0.05) is 6.08 Å². The molecule has 0 aromatic carbocycles. The Kier molecular flexibility index (Phi) is 7.72. The highest BCUT2D eigenvalue weighted by molar-refractivity contribution is 7.46. The highest BCUT2D eigenvalue weighted by Gasteiger charge is 2.07. The van der Waals surface area contributed by atoms with Gasteiger partial charge in [-0.3, -0.25) is 4.52 Å². The first-order valence-corrected chi connectivity index (χ1v) is 3.69. The molecule has 0 aromatic rings. The molecule has 9 heavy (non-hydrogen) atoms. The van der Waals surface area contributed by atoms with E-state index >= 15 is 0 Å². The van der Waals surface area contributed by atoms with Crippen molar-refractivity contribution < 1.29 is 18.9 Å². The molecule has 0 saturated heterocycles. The van der Waals surface area contributed by atoms with Gasteiger partial charge in [-0.15, -0.1) is 6.58 Å². The lowest BCUT2D eigenvalue weighted by Gasteiger charge is -1.93. The molecule has 5 heteroatoms. The van der Waals surface area contributed by atoms with Crippen molar-refractivity contribution in [2.75, 3.05) is 7.11 Å². The molecule has 0 fully saturated rings. The lowest BCUT2D eigenvalue weighted by molar-refractivity contribution is 0.235. The van der Waals surface area contributed by atoms with E-state index in [1.807, 2.05) is 6.92 Å². The van der Waals surface area contributed by atoms with Crippen molar-refractivity contribution in [1.29, 1.82) is 0 Å². The lowest BCUT2D eigenvalue weighted by Crippen LogP contribution is -1.76. The molecule has 0 aromatic heterocycles. The van der Waals surface area contributed by atoms with Crippen LogP contribution in [0.15, 0.2) is 12.7 Å². The van der Waals surface area contributed by atoms with Crippen LogP contribution in [0.2, 0.25) is 0 Å². The molecule has 0 spiro atoms. The second-order valence-corrected chi connectivity index (χ2v) is 2.43. The molecule has 0 aliphatic heterocycles. The number of phosphoric ester groups is 1. The molecular weight excluding hydrogens is 143 g/mol. The molecule has 0 radical (unpaired) electrons. The van der Waals surface area contributed by atoms with Crippen molar-refractivity contribution in [1.82, 2.24) is 0 Å². The number of hydrogen-bond donors (Lipinski definition) is 2. The predicted octanol–water partition coefficient (Wildman–Crippen LogP) is 0.918. The summed E-state index contributed by atoms with van der Waals surface area (Å²) in [4.78, 5) is 15.4. The molecule has 0 rings (SSSR count). The molecule has 4 nitrogen and oxygen atoms in total. The third-order valence-electron chi connectivity index (χ3n) is 0.238. The summed E-state index contributed by atoms with van der Waals surface area (Å²) in [5, 5.41) is 0. The third-order valence-corrected chi connectivity index (χ3v) is 0.714. The lowest BCUT2D eigenvalue weighted by atomic mass is 10.8. The fraction of sp³-hybridized carbons (Fsp3) is 0.500. The fourth-order valence-electron chi connectivity index (χ4n) is 0. The Hall–Kier alpha value is -0.150. The summed E-state index contributed by atoms with van der Waals surface area (Å²) < 4.78 is 13.1. The molecule has 0 bridgehead atoms. The van der Waals surface area contributed by atoms with Crippen LogP contribution < -0.4 is 0 Å². The van der Waals surface area contributed by atoms with Gasteiger partial charge in [0.15, 0.2) is 0 Å².